The third-order valence-corrected chi connectivity index (χ3v) is 13.6. The first-order valence-electron chi connectivity index (χ1n) is 17.9. The third-order valence-electron chi connectivity index (χ3n) is 10.8. The molecule has 0 aromatic heterocycles. The standard InChI is InChI=1S/C36H61N5O7S/c1-11-13-17-24(27(42)30(44)37-20-12-2)38-29(43)26-25-23(35(25,9)10)21-41(26)31(45)28(33(3,4)5)39-32(46)40-36(18-15-14-16-19-36)22-49(47,48)34(6,7)8/h12,23-26,28H,2,11,13-22H2,1,3-10H3,(H,37,44)(H,38,43)(H2,39,40,46)/t23-,24-,25-,26-,28+/m0/s1. The largest absolute Gasteiger partial charge is 0.346 e. The van der Waals surface area contributed by atoms with Gasteiger partial charge in [-0.1, -0.05) is 79.7 Å². The van der Waals surface area contributed by atoms with E-state index >= 15 is 0 Å². The lowest BCUT2D eigenvalue weighted by Crippen LogP contribution is -2.64. The molecule has 1 heterocycles. The molecular formula is C36H61N5O7S. The molecule has 2 aliphatic carbocycles. The topological polar surface area (TPSA) is 171 Å². The molecular weight excluding hydrogens is 646 g/mol. The fourth-order valence-corrected chi connectivity index (χ4v) is 9.02. The Balaban J connectivity index is 1.86. The van der Waals surface area contributed by atoms with Gasteiger partial charge >= 0.3 is 6.03 Å². The summed E-state index contributed by atoms with van der Waals surface area (Å²) in [5.41, 5.74) is -1.94. The Morgan fingerprint density at radius 1 is 0.980 bits per heavy atom. The van der Waals surface area contributed by atoms with E-state index < -0.39 is 73.2 Å². The molecule has 3 rings (SSSR count). The number of carbonyl (C=O) groups excluding carboxylic acids is 5. The molecule has 13 heteroatoms. The number of fused-ring (bicyclic) bond motifs is 1. The second-order valence-corrected chi connectivity index (χ2v) is 19.8. The smallest absolute Gasteiger partial charge is 0.315 e. The van der Waals surface area contributed by atoms with Crippen LogP contribution in [0.25, 0.3) is 0 Å². The third kappa shape index (κ3) is 9.24. The molecule has 3 aliphatic rings. The van der Waals surface area contributed by atoms with Gasteiger partial charge in [-0.05, 0) is 62.7 Å². The molecule has 0 aromatic carbocycles. The number of Topliss-reactive ketones (excluding diaryl/α,β-unsaturated/α-hetero) is 1. The molecule has 0 unspecified atom stereocenters. The van der Waals surface area contributed by atoms with Crippen molar-refractivity contribution < 1.29 is 32.4 Å². The maximum Gasteiger partial charge on any atom is 0.315 e. The number of nitrogens with one attached hydrogen (secondary N) is 4. The molecule has 5 atom stereocenters. The van der Waals surface area contributed by atoms with E-state index in [9.17, 15) is 32.4 Å². The summed E-state index contributed by atoms with van der Waals surface area (Å²) < 4.78 is 25.6. The van der Waals surface area contributed by atoms with Crippen LogP contribution in [-0.4, -0.2) is 90.1 Å². The Labute approximate surface area is 293 Å². The highest BCUT2D eigenvalue weighted by atomic mass is 32.2. The monoisotopic (exact) mass is 707 g/mol. The summed E-state index contributed by atoms with van der Waals surface area (Å²) in [5, 5.41) is 11.2. The van der Waals surface area contributed by atoms with Crippen molar-refractivity contribution in [3.63, 3.8) is 0 Å². The van der Waals surface area contributed by atoms with E-state index in [0.717, 1.165) is 25.7 Å². The van der Waals surface area contributed by atoms with Crippen molar-refractivity contribution in [3.05, 3.63) is 12.7 Å². The zero-order valence-corrected chi connectivity index (χ0v) is 32.0. The Morgan fingerprint density at radius 3 is 2.12 bits per heavy atom. The Kier molecular flexibility index (Phi) is 12.5. The van der Waals surface area contributed by atoms with Crippen LogP contribution >= 0.6 is 0 Å². The van der Waals surface area contributed by atoms with Gasteiger partial charge in [0.25, 0.3) is 5.91 Å². The number of piperidine rings is 1. The van der Waals surface area contributed by atoms with Gasteiger partial charge in [-0.25, -0.2) is 13.2 Å². The van der Waals surface area contributed by atoms with Crippen LogP contribution in [-0.2, 0) is 29.0 Å². The normalized spacial score (nSPS) is 24.1. The summed E-state index contributed by atoms with van der Waals surface area (Å²) in [5.74, 6) is -2.78. The van der Waals surface area contributed by atoms with Gasteiger partial charge in [-0.3, -0.25) is 19.2 Å². The van der Waals surface area contributed by atoms with Crippen molar-refractivity contribution in [3.8, 4) is 0 Å². The van der Waals surface area contributed by atoms with Gasteiger partial charge in [0.2, 0.25) is 17.6 Å². The molecule has 1 aliphatic heterocycles. The van der Waals surface area contributed by atoms with Crippen molar-refractivity contribution in [2.45, 2.75) is 142 Å². The molecule has 12 nitrogen and oxygen atoms in total. The van der Waals surface area contributed by atoms with E-state index in [2.05, 4.69) is 41.7 Å². The molecule has 4 N–H and O–H groups in total. The first kappa shape index (κ1) is 40.5. The highest BCUT2D eigenvalue weighted by Crippen LogP contribution is 2.65. The predicted molar refractivity (Wildman–Crippen MR) is 190 cm³/mol. The van der Waals surface area contributed by atoms with Gasteiger partial charge in [0, 0.05) is 13.1 Å². The molecule has 0 radical (unpaired) electrons. The van der Waals surface area contributed by atoms with Crippen LogP contribution in [0.1, 0.15) is 114 Å². The zero-order valence-electron chi connectivity index (χ0n) is 31.2. The number of ketones is 1. The van der Waals surface area contributed by atoms with Crippen LogP contribution in [0, 0.1) is 22.7 Å². The van der Waals surface area contributed by atoms with Crippen LogP contribution in [0.2, 0.25) is 0 Å². The number of nitrogens with zero attached hydrogens (tertiary/aromatic N) is 1. The number of sulfone groups is 1. The quantitative estimate of drug-likeness (QED) is 0.158. The summed E-state index contributed by atoms with van der Waals surface area (Å²) in [6, 6.07) is -3.60. The first-order valence-corrected chi connectivity index (χ1v) is 19.5. The molecule has 0 aromatic rings. The van der Waals surface area contributed by atoms with Crippen molar-refractivity contribution >= 4 is 39.4 Å². The summed E-state index contributed by atoms with van der Waals surface area (Å²) in [6.45, 7) is 20.5. The summed E-state index contributed by atoms with van der Waals surface area (Å²) in [4.78, 5) is 69.4. The number of rotatable bonds is 14. The van der Waals surface area contributed by atoms with E-state index in [1.807, 2.05) is 27.7 Å². The lowest BCUT2D eigenvalue weighted by molar-refractivity contribution is -0.145. The SMILES string of the molecule is C=CCNC(=O)C(=O)[C@H](CCCC)NC(=O)[C@@H]1[C@@H]2[C@H](CN1C(=O)[C@@H](NC(=O)NC1(CS(=O)(=O)C(C)(C)C)CCCCC1)C(C)(C)C)C2(C)C. The van der Waals surface area contributed by atoms with Gasteiger partial charge in [0.05, 0.1) is 22.1 Å². The predicted octanol–water partition coefficient (Wildman–Crippen LogP) is 3.65. The average molecular weight is 708 g/mol. The summed E-state index contributed by atoms with van der Waals surface area (Å²) in [6.07, 6.45) is 6.64. The van der Waals surface area contributed by atoms with Crippen molar-refractivity contribution in [1.82, 2.24) is 26.2 Å². The van der Waals surface area contributed by atoms with E-state index in [1.54, 1.807) is 20.8 Å². The van der Waals surface area contributed by atoms with Crippen LogP contribution < -0.4 is 21.3 Å². The van der Waals surface area contributed by atoms with Gasteiger partial charge in [-0.2, -0.15) is 0 Å². The number of unbranched alkanes of at least 4 members (excludes halogenated alkanes) is 1. The van der Waals surface area contributed by atoms with E-state index in [-0.39, 0.29) is 36.0 Å². The van der Waals surface area contributed by atoms with Gasteiger partial charge in [-0.15, -0.1) is 6.58 Å². The molecule has 0 spiro atoms. The first-order chi connectivity index (χ1) is 22.5. The Hall–Kier alpha value is -2.96. The maximum atomic E-state index is 14.4. The number of amides is 5. The maximum absolute atomic E-state index is 14.4. The number of likely N-dealkylation sites (tertiary alicyclic amines) is 1. The molecule has 3 fully saturated rings. The molecule has 1 saturated heterocycles. The highest BCUT2D eigenvalue weighted by Gasteiger charge is 2.70. The minimum absolute atomic E-state index is 0.0513. The van der Waals surface area contributed by atoms with Gasteiger partial charge in [0.1, 0.15) is 12.1 Å². The Morgan fingerprint density at radius 2 is 1.59 bits per heavy atom. The molecule has 5 amide bonds. The van der Waals surface area contributed by atoms with Crippen LogP contribution in [0.5, 0.6) is 0 Å². The second-order valence-electron chi connectivity index (χ2n) is 17.1. The molecule has 0 bridgehead atoms. The fourth-order valence-electron chi connectivity index (χ4n) is 7.49. The zero-order chi connectivity index (χ0) is 37.2. The van der Waals surface area contributed by atoms with Crippen LogP contribution in [0.3, 0.4) is 0 Å². The lowest BCUT2D eigenvalue weighted by Gasteiger charge is -2.41. The van der Waals surface area contributed by atoms with E-state index in [4.69, 9.17) is 0 Å². The van der Waals surface area contributed by atoms with Crippen LogP contribution in [0.15, 0.2) is 12.7 Å². The van der Waals surface area contributed by atoms with E-state index in [1.165, 1.54) is 11.0 Å². The van der Waals surface area contributed by atoms with E-state index in [0.29, 0.717) is 25.8 Å². The summed E-state index contributed by atoms with van der Waals surface area (Å²) >= 11 is 0. The van der Waals surface area contributed by atoms with Crippen molar-refractivity contribution in [1.29, 1.82) is 0 Å². The van der Waals surface area contributed by atoms with Crippen LogP contribution in [0.4, 0.5) is 4.79 Å². The van der Waals surface area contributed by atoms with Gasteiger partial charge < -0.3 is 26.2 Å². The number of hydrogen-bond donors (Lipinski definition) is 4. The molecule has 49 heavy (non-hydrogen) atoms. The molecule has 2 saturated carbocycles. The number of urea groups is 1. The average Bonchev–Trinajstić information content (AvgIpc) is 3.30. The lowest BCUT2D eigenvalue weighted by atomic mass is 9.83. The fraction of sp³-hybridized carbons (Fsp3) is 0.806. The second kappa shape index (κ2) is 15.1. The Bertz CT molecular complexity index is 1390. The molecule has 278 valence electrons. The highest BCUT2D eigenvalue weighted by molar-refractivity contribution is 7.92. The minimum Gasteiger partial charge on any atom is -0.346 e. The number of hydrogen-bond acceptors (Lipinski definition) is 7. The number of carbonyl (C=O) groups is 5. The van der Waals surface area contributed by atoms with Gasteiger partial charge in [0.15, 0.2) is 9.84 Å². The van der Waals surface area contributed by atoms with Crippen molar-refractivity contribution in [2.24, 2.45) is 22.7 Å². The summed E-state index contributed by atoms with van der Waals surface area (Å²) in [7, 11) is -3.56. The minimum atomic E-state index is -3.56. The van der Waals surface area contributed by atoms with Crippen molar-refractivity contribution in [2.75, 3.05) is 18.8 Å².